The molecule has 0 unspecified atom stereocenters. The average molecular weight is 265 g/mol. The van der Waals surface area contributed by atoms with Gasteiger partial charge >= 0.3 is 0 Å². The Morgan fingerprint density at radius 3 is 2.50 bits per heavy atom. The van der Waals surface area contributed by atoms with Gasteiger partial charge in [-0.1, -0.05) is 36.4 Å². The fraction of sp³-hybridized carbons (Fsp3) is 0.235. The molecule has 3 heteroatoms. The number of H-pyrrole nitrogens is 1. The third kappa shape index (κ3) is 2.89. The number of hydrogen-bond acceptors (Lipinski definition) is 2. The van der Waals surface area contributed by atoms with Gasteiger partial charge in [0.05, 0.1) is 11.0 Å². The number of nitrogens with zero attached hydrogens (tertiary/aromatic N) is 1. The number of aromatic amines is 1. The van der Waals surface area contributed by atoms with Gasteiger partial charge in [-0.25, -0.2) is 4.98 Å². The van der Waals surface area contributed by atoms with E-state index in [2.05, 4.69) is 39.6 Å². The Kier molecular flexibility index (Phi) is 3.79. The zero-order valence-corrected chi connectivity index (χ0v) is 11.7. The van der Waals surface area contributed by atoms with E-state index in [4.69, 9.17) is 0 Å². The number of benzene rings is 2. The Bertz CT molecular complexity index is 642. The van der Waals surface area contributed by atoms with Crippen molar-refractivity contribution in [2.24, 2.45) is 0 Å². The zero-order chi connectivity index (χ0) is 13.8. The Labute approximate surface area is 119 Å². The van der Waals surface area contributed by atoms with E-state index >= 15 is 0 Å². The van der Waals surface area contributed by atoms with Crippen LogP contribution < -0.4 is 5.32 Å². The molecule has 0 atom stereocenters. The molecule has 3 nitrogen and oxygen atoms in total. The first-order chi connectivity index (χ1) is 9.83. The lowest BCUT2D eigenvalue weighted by Crippen LogP contribution is -2.23. The van der Waals surface area contributed by atoms with Crippen LogP contribution >= 0.6 is 0 Å². The summed E-state index contributed by atoms with van der Waals surface area (Å²) in [6.07, 6.45) is 1.19. The predicted molar refractivity (Wildman–Crippen MR) is 82.7 cm³/mol. The number of hydrogen-bond donors (Lipinski definition) is 2. The largest absolute Gasteiger partial charge is 0.342 e. The molecule has 1 aliphatic rings. The van der Waals surface area contributed by atoms with Crippen LogP contribution in [0.5, 0.6) is 0 Å². The van der Waals surface area contributed by atoms with Gasteiger partial charge in [-0.3, -0.25) is 0 Å². The van der Waals surface area contributed by atoms with Crippen LogP contribution in [0.3, 0.4) is 0 Å². The monoisotopic (exact) mass is 265 g/mol. The van der Waals surface area contributed by atoms with Crippen molar-refractivity contribution < 1.29 is 0 Å². The summed E-state index contributed by atoms with van der Waals surface area (Å²) in [5, 5.41) is 3.34. The van der Waals surface area contributed by atoms with Gasteiger partial charge in [0.2, 0.25) is 0 Å². The smallest absolute Gasteiger partial charge is 0.104 e. The molecule has 0 saturated heterocycles. The molecule has 3 aromatic rings. The molecule has 0 spiro atoms. The van der Waals surface area contributed by atoms with Crippen molar-refractivity contribution in [2.45, 2.75) is 19.9 Å². The quantitative estimate of drug-likeness (QED) is 0.655. The van der Waals surface area contributed by atoms with Crippen LogP contribution in [-0.2, 0) is 13.0 Å². The number of fused-ring (bicyclic) bond motifs is 2. The Balaban J connectivity index is 0.000000121. The summed E-state index contributed by atoms with van der Waals surface area (Å²) in [4.78, 5) is 7.40. The summed E-state index contributed by atoms with van der Waals surface area (Å²) in [5.74, 6) is 0.973. The second-order valence-corrected chi connectivity index (χ2v) is 5.03. The van der Waals surface area contributed by atoms with Crippen molar-refractivity contribution in [1.29, 1.82) is 0 Å². The van der Waals surface area contributed by atoms with Crippen molar-refractivity contribution in [1.82, 2.24) is 15.3 Å². The molecule has 0 bridgehead atoms. The van der Waals surface area contributed by atoms with Gasteiger partial charge in [0.15, 0.2) is 0 Å². The minimum Gasteiger partial charge on any atom is -0.342 e. The van der Waals surface area contributed by atoms with Gasteiger partial charge in [-0.05, 0) is 43.1 Å². The Morgan fingerprint density at radius 1 is 0.950 bits per heavy atom. The molecular weight excluding hydrogens is 246 g/mol. The van der Waals surface area contributed by atoms with Crippen molar-refractivity contribution in [3.63, 3.8) is 0 Å². The van der Waals surface area contributed by atoms with E-state index in [0.717, 1.165) is 29.9 Å². The van der Waals surface area contributed by atoms with Crippen LogP contribution in [0.15, 0.2) is 48.5 Å². The summed E-state index contributed by atoms with van der Waals surface area (Å²) < 4.78 is 0. The van der Waals surface area contributed by atoms with E-state index in [1.165, 1.54) is 17.5 Å². The minimum absolute atomic E-state index is 0.973. The highest BCUT2D eigenvalue weighted by atomic mass is 14.9. The number of imidazole rings is 1. The molecule has 0 radical (unpaired) electrons. The lowest BCUT2D eigenvalue weighted by Gasteiger charge is -2.15. The third-order valence-corrected chi connectivity index (χ3v) is 3.51. The molecule has 2 aromatic carbocycles. The Morgan fingerprint density at radius 2 is 1.70 bits per heavy atom. The van der Waals surface area contributed by atoms with Gasteiger partial charge < -0.3 is 10.3 Å². The van der Waals surface area contributed by atoms with Crippen molar-refractivity contribution in [3.8, 4) is 0 Å². The van der Waals surface area contributed by atoms with E-state index in [0.29, 0.717) is 0 Å². The maximum Gasteiger partial charge on any atom is 0.104 e. The number of nitrogens with one attached hydrogen (secondary N) is 2. The summed E-state index contributed by atoms with van der Waals surface area (Å²) in [5.41, 5.74) is 5.13. The van der Waals surface area contributed by atoms with Crippen LogP contribution in [0.2, 0.25) is 0 Å². The number of para-hydroxylation sites is 2. The number of aromatic nitrogens is 2. The van der Waals surface area contributed by atoms with E-state index in [1.807, 2.05) is 31.2 Å². The topological polar surface area (TPSA) is 40.7 Å². The van der Waals surface area contributed by atoms with Crippen molar-refractivity contribution >= 4 is 11.0 Å². The van der Waals surface area contributed by atoms with Crippen LogP contribution in [0.1, 0.15) is 17.0 Å². The highest BCUT2D eigenvalue weighted by molar-refractivity contribution is 5.74. The van der Waals surface area contributed by atoms with E-state index in [-0.39, 0.29) is 0 Å². The molecule has 4 rings (SSSR count). The first-order valence-corrected chi connectivity index (χ1v) is 7.02. The summed E-state index contributed by atoms with van der Waals surface area (Å²) in [7, 11) is 0. The molecule has 0 fully saturated rings. The molecule has 0 amide bonds. The molecule has 0 aliphatic carbocycles. The lowest BCUT2D eigenvalue weighted by molar-refractivity contribution is 0.644. The van der Waals surface area contributed by atoms with E-state index < -0.39 is 0 Å². The van der Waals surface area contributed by atoms with Crippen LogP contribution in [0.4, 0.5) is 0 Å². The third-order valence-electron chi connectivity index (χ3n) is 3.51. The molecule has 1 aliphatic heterocycles. The molecule has 1 aromatic heterocycles. The van der Waals surface area contributed by atoms with Gasteiger partial charge in [0.1, 0.15) is 5.82 Å². The maximum atomic E-state index is 4.26. The van der Waals surface area contributed by atoms with Crippen molar-refractivity contribution in [2.75, 3.05) is 6.54 Å². The van der Waals surface area contributed by atoms with Crippen LogP contribution in [0.25, 0.3) is 11.0 Å². The van der Waals surface area contributed by atoms with E-state index in [1.54, 1.807) is 0 Å². The fourth-order valence-electron chi connectivity index (χ4n) is 2.50. The van der Waals surface area contributed by atoms with Gasteiger partial charge in [-0.15, -0.1) is 0 Å². The molecule has 102 valence electrons. The second kappa shape index (κ2) is 5.88. The first-order valence-electron chi connectivity index (χ1n) is 7.02. The highest BCUT2D eigenvalue weighted by Crippen LogP contribution is 2.11. The number of aryl methyl sites for hydroxylation is 1. The Hall–Kier alpha value is -2.13. The summed E-state index contributed by atoms with van der Waals surface area (Å²) >= 11 is 0. The number of rotatable bonds is 0. The minimum atomic E-state index is 0.973. The predicted octanol–water partition coefficient (Wildman–Crippen LogP) is 3.20. The normalized spacial score (nSPS) is 13.4. The average Bonchev–Trinajstić information content (AvgIpc) is 2.88. The standard InChI is InChI=1S/C9H11N.C8H8N2/c1-2-4-9-7-10-6-5-8(9)3-1;1-6-9-7-4-2-3-5-8(7)10-6/h1-4,10H,5-7H2;2-5H,1H3,(H,9,10). The molecule has 2 N–H and O–H groups in total. The first kappa shape index (κ1) is 12.9. The van der Waals surface area contributed by atoms with Gasteiger partial charge in [0.25, 0.3) is 0 Å². The van der Waals surface area contributed by atoms with E-state index in [9.17, 15) is 0 Å². The lowest BCUT2D eigenvalue weighted by atomic mass is 10.0. The molecule has 20 heavy (non-hydrogen) atoms. The van der Waals surface area contributed by atoms with Crippen LogP contribution in [-0.4, -0.2) is 16.5 Å². The maximum absolute atomic E-state index is 4.26. The SMILES string of the molecule is Cc1nc2ccccc2[nH]1.c1ccc2c(c1)CCNC2. The molecule has 2 heterocycles. The fourth-order valence-corrected chi connectivity index (χ4v) is 2.50. The zero-order valence-electron chi connectivity index (χ0n) is 11.7. The second-order valence-electron chi connectivity index (χ2n) is 5.03. The molecule has 0 saturated carbocycles. The van der Waals surface area contributed by atoms with Crippen molar-refractivity contribution in [3.05, 3.63) is 65.5 Å². The molecular formula is C17H19N3. The van der Waals surface area contributed by atoms with Gasteiger partial charge in [-0.2, -0.15) is 0 Å². The van der Waals surface area contributed by atoms with Crippen LogP contribution in [0, 0.1) is 6.92 Å². The van der Waals surface area contributed by atoms with Gasteiger partial charge in [0, 0.05) is 6.54 Å². The highest BCUT2D eigenvalue weighted by Gasteiger charge is 2.05. The summed E-state index contributed by atoms with van der Waals surface area (Å²) in [6.45, 7) is 4.15. The summed E-state index contributed by atoms with van der Waals surface area (Å²) in [6, 6.07) is 16.6.